The number of anilines is 1. The minimum absolute atomic E-state index is 0.0409. The topological polar surface area (TPSA) is 80.2 Å². The summed E-state index contributed by atoms with van der Waals surface area (Å²) in [5.41, 5.74) is 2.15. The van der Waals surface area contributed by atoms with E-state index in [1.807, 2.05) is 31.2 Å². The van der Waals surface area contributed by atoms with Crippen LogP contribution in [-0.4, -0.2) is 47.4 Å². The van der Waals surface area contributed by atoms with E-state index in [2.05, 4.69) is 10.3 Å². The molecule has 198 valence electrons. The Morgan fingerprint density at radius 1 is 1.05 bits per heavy atom. The number of thioether (sulfide) groups is 1. The molecule has 0 spiro atoms. The Morgan fingerprint density at radius 2 is 1.74 bits per heavy atom. The number of ether oxygens (including phenoxy) is 2. The van der Waals surface area contributed by atoms with Crippen LogP contribution in [0.15, 0.2) is 77.8 Å². The molecule has 1 aliphatic rings. The van der Waals surface area contributed by atoms with E-state index in [-0.39, 0.29) is 24.1 Å². The molecule has 7 nitrogen and oxygen atoms in total. The molecule has 38 heavy (non-hydrogen) atoms. The van der Waals surface area contributed by atoms with Crippen LogP contribution < -0.4 is 14.8 Å². The number of amides is 2. The highest BCUT2D eigenvalue weighted by Gasteiger charge is 2.35. The maximum absolute atomic E-state index is 13.4. The zero-order valence-electron chi connectivity index (χ0n) is 21.4. The van der Waals surface area contributed by atoms with Gasteiger partial charge in [-0.1, -0.05) is 30.8 Å². The molecular weight excluding hydrogens is 505 g/mol. The number of benzene rings is 3. The summed E-state index contributed by atoms with van der Waals surface area (Å²) in [7, 11) is 1.61. The fraction of sp³-hybridized carbons (Fsp3) is 0.276. The molecule has 3 aromatic carbocycles. The monoisotopic (exact) mass is 535 g/mol. The first-order valence-corrected chi connectivity index (χ1v) is 13.3. The number of hydrogen-bond acceptors (Lipinski definition) is 6. The molecule has 0 aromatic heterocycles. The lowest BCUT2D eigenvalue weighted by Crippen LogP contribution is -2.46. The van der Waals surface area contributed by atoms with Crippen LogP contribution in [0.3, 0.4) is 0 Å². The Kier molecular flexibility index (Phi) is 9.37. The number of aliphatic imine (C=N–C) groups is 1. The molecular formula is C29H30FN3O4S. The number of methoxy groups -OCH3 is 1. The third-order valence-corrected chi connectivity index (χ3v) is 7.05. The fourth-order valence-electron chi connectivity index (χ4n) is 3.80. The second-order valence-corrected chi connectivity index (χ2v) is 9.86. The molecule has 1 saturated heterocycles. The number of amidine groups is 1. The van der Waals surface area contributed by atoms with Crippen LogP contribution in [0.4, 0.5) is 15.8 Å². The van der Waals surface area contributed by atoms with Gasteiger partial charge in [-0.05, 0) is 79.1 Å². The first-order chi connectivity index (χ1) is 18.4. The molecule has 1 atom stereocenters. The minimum atomic E-state index is -0.657. The molecule has 1 unspecified atom stereocenters. The maximum atomic E-state index is 13.4. The summed E-state index contributed by atoms with van der Waals surface area (Å²) in [6.07, 6.45) is 1.55. The largest absolute Gasteiger partial charge is 0.497 e. The number of carbonyl (C=O) groups is 2. The number of nitrogens with zero attached hydrogens (tertiary/aromatic N) is 2. The van der Waals surface area contributed by atoms with Gasteiger partial charge in [-0.3, -0.25) is 14.5 Å². The average Bonchev–Trinajstić information content (AvgIpc) is 2.93. The molecule has 2 amide bonds. The van der Waals surface area contributed by atoms with Crippen molar-refractivity contribution >= 4 is 40.1 Å². The fourth-order valence-corrected chi connectivity index (χ4v) is 4.92. The molecule has 3 aromatic rings. The van der Waals surface area contributed by atoms with E-state index in [0.717, 1.165) is 23.5 Å². The molecule has 0 radical (unpaired) electrons. The van der Waals surface area contributed by atoms with Crippen molar-refractivity contribution in [3.05, 3.63) is 84.2 Å². The standard InChI is InChI=1S/C29H30FN3O4S/c1-3-18-37-25-14-10-22(11-15-25)31-28(35)26-19-27(34)33(17-16-20-4-12-24(36-2)13-5-20)29(38-26)32-23-8-6-21(30)7-9-23/h4-15,26H,3,16-19H2,1-2H3,(H,31,35). The van der Waals surface area contributed by atoms with Crippen molar-refractivity contribution in [1.82, 2.24) is 4.90 Å². The Labute approximate surface area is 226 Å². The van der Waals surface area contributed by atoms with E-state index in [1.165, 1.54) is 23.9 Å². The van der Waals surface area contributed by atoms with Gasteiger partial charge in [-0.15, -0.1) is 0 Å². The van der Waals surface area contributed by atoms with Gasteiger partial charge in [0.2, 0.25) is 11.8 Å². The van der Waals surface area contributed by atoms with Crippen LogP contribution in [0.25, 0.3) is 0 Å². The minimum Gasteiger partial charge on any atom is -0.497 e. The van der Waals surface area contributed by atoms with E-state index in [4.69, 9.17) is 9.47 Å². The number of carbonyl (C=O) groups excluding carboxylic acids is 2. The molecule has 1 heterocycles. The summed E-state index contributed by atoms with van der Waals surface area (Å²) < 4.78 is 24.2. The Morgan fingerprint density at radius 3 is 2.39 bits per heavy atom. The zero-order chi connectivity index (χ0) is 26.9. The molecule has 9 heteroatoms. The summed E-state index contributed by atoms with van der Waals surface area (Å²) in [6.45, 7) is 3.05. The number of halogens is 1. The molecule has 1 fully saturated rings. The molecule has 1 N–H and O–H groups in total. The normalized spacial score (nSPS) is 16.4. The van der Waals surface area contributed by atoms with E-state index in [1.54, 1.807) is 48.4 Å². The smallest absolute Gasteiger partial charge is 0.238 e. The van der Waals surface area contributed by atoms with Gasteiger partial charge >= 0.3 is 0 Å². The highest BCUT2D eigenvalue weighted by molar-refractivity contribution is 8.15. The third kappa shape index (κ3) is 7.35. The number of nitrogens with one attached hydrogen (secondary N) is 1. The van der Waals surface area contributed by atoms with Crippen molar-refractivity contribution in [2.75, 3.05) is 25.6 Å². The van der Waals surface area contributed by atoms with Gasteiger partial charge < -0.3 is 14.8 Å². The van der Waals surface area contributed by atoms with Gasteiger partial charge in [-0.25, -0.2) is 9.38 Å². The van der Waals surface area contributed by atoms with E-state index < -0.39 is 5.25 Å². The Bertz CT molecular complexity index is 1260. The Balaban J connectivity index is 1.48. The third-order valence-electron chi connectivity index (χ3n) is 5.86. The van der Waals surface area contributed by atoms with Crippen molar-refractivity contribution < 1.29 is 23.5 Å². The zero-order valence-corrected chi connectivity index (χ0v) is 22.2. The predicted octanol–water partition coefficient (Wildman–Crippen LogP) is 5.83. The lowest BCUT2D eigenvalue weighted by Gasteiger charge is -2.32. The van der Waals surface area contributed by atoms with Crippen LogP contribution in [0.5, 0.6) is 11.5 Å². The van der Waals surface area contributed by atoms with Crippen molar-refractivity contribution in [2.45, 2.75) is 31.4 Å². The van der Waals surface area contributed by atoms with E-state index >= 15 is 0 Å². The second kappa shape index (κ2) is 13.1. The first-order valence-electron chi connectivity index (χ1n) is 12.4. The summed E-state index contributed by atoms with van der Waals surface area (Å²) in [4.78, 5) is 32.6. The second-order valence-electron chi connectivity index (χ2n) is 8.69. The molecule has 4 rings (SSSR count). The quantitative estimate of drug-likeness (QED) is 0.354. The van der Waals surface area contributed by atoms with Crippen LogP contribution in [0.2, 0.25) is 0 Å². The molecule has 0 aliphatic carbocycles. The van der Waals surface area contributed by atoms with Crippen molar-refractivity contribution in [3.63, 3.8) is 0 Å². The van der Waals surface area contributed by atoms with E-state index in [9.17, 15) is 14.0 Å². The van der Waals surface area contributed by atoms with Gasteiger partial charge in [-0.2, -0.15) is 0 Å². The van der Waals surface area contributed by atoms with Crippen LogP contribution in [0, 0.1) is 5.82 Å². The Hall–Kier alpha value is -3.85. The summed E-state index contributed by atoms with van der Waals surface area (Å²) >= 11 is 1.23. The van der Waals surface area contributed by atoms with Crippen molar-refractivity contribution in [1.29, 1.82) is 0 Å². The lowest BCUT2D eigenvalue weighted by atomic mass is 10.1. The highest BCUT2D eigenvalue weighted by Crippen LogP contribution is 2.30. The van der Waals surface area contributed by atoms with Crippen LogP contribution >= 0.6 is 11.8 Å². The van der Waals surface area contributed by atoms with Crippen molar-refractivity contribution in [3.8, 4) is 11.5 Å². The number of hydrogen-bond donors (Lipinski definition) is 1. The lowest BCUT2D eigenvalue weighted by molar-refractivity contribution is -0.129. The molecule has 0 bridgehead atoms. The van der Waals surface area contributed by atoms with Gasteiger partial charge in [0.15, 0.2) is 5.17 Å². The van der Waals surface area contributed by atoms with E-state index in [0.29, 0.717) is 36.1 Å². The van der Waals surface area contributed by atoms with Crippen LogP contribution in [-0.2, 0) is 16.0 Å². The number of rotatable bonds is 10. The summed E-state index contributed by atoms with van der Waals surface area (Å²) in [5, 5.41) is 2.64. The molecule has 0 saturated carbocycles. The van der Waals surface area contributed by atoms with Crippen LogP contribution in [0.1, 0.15) is 25.3 Å². The first kappa shape index (κ1) is 27.2. The molecule has 1 aliphatic heterocycles. The van der Waals surface area contributed by atoms with Gasteiger partial charge in [0.05, 0.1) is 19.4 Å². The summed E-state index contributed by atoms with van der Waals surface area (Å²) in [5.74, 6) is 0.636. The van der Waals surface area contributed by atoms with Crippen molar-refractivity contribution in [2.24, 2.45) is 4.99 Å². The highest BCUT2D eigenvalue weighted by atomic mass is 32.2. The van der Waals surface area contributed by atoms with Gasteiger partial charge in [0, 0.05) is 18.7 Å². The SMILES string of the molecule is CCCOc1ccc(NC(=O)C2CC(=O)N(CCc3ccc(OC)cc3)C(=Nc3ccc(F)cc3)S2)cc1. The van der Waals surface area contributed by atoms with Gasteiger partial charge in [0.25, 0.3) is 0 Å². The van der Waals surface area contributed by atoms with Gasteiger partial charge in [0.1, 0.15) is 22.6 Å². The maximum Gasteiger partial charge on any atom is 0.238 e. The summed E-state index contributed by atoms with van der Waals surface area (Å²) in [6, 6.07) is 20.5. The predicted molar refractivity (Wildman–Crippen MR) is 149 cm³/mol. The average molecular weight is 536 g/mol.